The smallest absolute Gasteiger partial charge is 0.267 e. The summed E-state index contributed by atoms with van der Waals surface area (Å²) in [5.41, 5.74) is 1.76. The standard InChI is InChI=1S/C33H47N5O7S/c1-22-18-38(23(2)21-39)33(40)29-17-28(36-46(41,42)32-25(4)35-45-26(32)5)10-11-30(29)44-24(3)9-7-8-16-43-31(22)20-37(6)19-27-12-14-34-15-13-27/h10-15,17,22-24,31,36,39H,7-9,16,18-21H2,1-6H3/t22-,23+,24+,31-/m0/s1. The lowest BCUT2D eigenvalue weighted by Gasteiger charge is -2.36. The number of carbonyl (C=O) groups is 1. The molecule has 0 radical (unpaired) electrons. The van der Waals surface area contributed by atoms with Crippen LogP contribution in [0, 0.1) is 19.8 Å². The van der Waals surface area contributed by atoms with Gasteiger partial charge in [-0.1, -0.05) is 12.1 Å². The van der Waals surface area contributed by atoms with Crippen molar-refractivity contribution in [1.82, 2.24) is 19.9 Å². The lowest BCUT2D eigenvalue weighted by Crippen LogP contribution is -2.47. The van der Waals surface area contributed by atoms with Gasteiger partial charge in [0.15, 0.2) is 10.7 Å². The van der Waals surface area contributed by atoms with Gasteiger partial charge in [0.2, 0.25) is 0 Å². The molecule has 0 saturated heterocycles. The third kappa shape index (κ3) is 9.05. The number of carbonyl (C=O) groups excluding carboxylic acids is 1. The Morgan fingerprint density at radius 2 is 1.89 bits per heavy atom. The number of ether oxygens (including phenoxy) is 2. The van der Waals surface area contributed by atoms with E-state index in [0.717, 1.165) is 31.4 Å². The van der Waals surface area contributed by atoms with Crippen molar-refractivity contribution >= 4 is 21.6 Å². The van der Waals surface area contributed by atoms with Crippen molar-refractivity contribution in [2.24, 2.45) is 5.92 Å². The summed E-state index contributed by atoms with van der Waals surface area (Å²) in [7, 11) is -2.01. The minimum atomic E-state index is -4.06. The van der Waals surface area contributed by atoms with Gasteiger partial charge >= 0.3 is 0 Å². The van der Waals surface area contributed by atoms with Crippen molar-refractivity contribution in [2.45, 2.75) is 83.6 Å². The van der Waals surface area contributed by atoms with Crippen LogP contribution in [0.1, 0.15) is 67.4 Å². The molecule has 0 aliphatic carbocycles. The monoisotopic (exact) mass is 657 g/mol. The van der Waals surface area contributed by atoms with Gasteiger partial charge in [-0.15, -0.1) is 0 Å². The molecule has 0 saturated carbocycles. The first kappa shape index (κ1) is 35.3. The maximum absolute atomic E-state index is 14.4. The number of nitrogens with one attached hydrogen (secondary N) is 1. The molecule has 3 aromatic rings. The Morgan fingerprint density at radius 1 is 1.15 bits per heavy atom. The normalized spacial score (nSPS) is 20.9. The summed E-state index contributed by atoms with van der Waals surface area (Å²) in [6.45, 7) is 10.9. The molecule has 1 aliphatic rings. The van der Waals surface area contributed by atoms with Crippen LogP contribution >= 0.6 is 0 Å². The molecule has 12 nitrogen and oxygen atoms in total. The molecule has 252 valence electrons. The molecule has 1 amide bonds. The number of amides is 1. The number of pyridine rings is 1. The number of sulfonamides is 1. The number of likely N-dealkylation sites (N-methyl/N-ethyl adjacent to an activating group) is 1. The molecule has 3 heterocycles. The van der Waals surface area contributed by atoms with Gasteiger partial charge in [-0.3, -0.25) is 19.4 Å². The van der Waals surface area contributed by atoms with E-state index in [1.807, 2.05) is 26.1 Å². The summed E-state index contributed by atoms with van der Waals surface area (Å²) in [6, 6.07) is 8.13. The number of aliphatic hydroxyl groups excluding tert-OH is 1. The van der Waals surface area contributed by atoms with Crippen LogP contribution in [0.5, 0.6) is 5.75 Å². The molecular weight excluding hydrogens is 610 g/mol. The van der Waals surface area contributed by atoms with Crippen molar-refractivity contribution in [2.75, 3.05) is 38.1 Å². The molecule has 46 heavy (non-hydrogen) atoms. The zero-order valence-electron chi connectivity index (χ0n) is 27.6. The fourth-order valence-corrected chi connectivity index (χ4v) is 7.07. The van der Waals surface area contributed by atoms with E-state index < -0.39 is 16.1 Å². The fraction of sp³-hybridized carbons (Fsp3) is 0.545. The van der Waals surface area contributed by atoms with Gasteiger partial charge in [0.25, 0.3) is 15.9 Å². The second-order valence-corrected chi connectivity index (χ2v) is 13.9. The quantitative estimate of drug-likeness (QED) is 0.339. The first-order valence-electron chi connectivity index (χ1n) is 15.8. The zero-order valence-corrected chi connectivity index (χ0v) is 28.4. The van der Waals surface area contributed by atoms with E-state index in [-0.39, 0.29) is 58.2 Å². The fourth-order valence-electron chi connectivity index (χ4n) is 5.68. The van der Waals surface area contributed by atoms with Crippen molar-refractivity contribution in [3.05, 3.63) is 65.3 Å². The highest BCUT2D eigenvalue weighted by atomic mass is 32.2. The van der Waals surface area contributed by atoms with Gasteiger partial charge < -0.3 is 24.0 Å². The van der Waals surface area contributed by atoms with E-state index in [0.29, 0.717) is 25.4 Å². The molecule has 1 aliphatic heterocycles. The lowest BCUT2D eigenvalue weighted by atomic mass is 10.0. The SMILES string of the molecule is Cc1noc(C)c1S(=O)(=O)Nc1ccc2c(c1)C(=O)N([C@H](C)CO)C[C@H](C)[C@H](CN(C)Cc1ccncc1)OCCCC[C@@H](C)O2. The average molecular weight is 658 g/mol. The largest absolute Gasteiger partial charge is 0.490 e. The summed E-state index contributed by atoms with van der Waals surface area (Å²) in [5.74, 6) is 0.0411. The van der Waals surface area contributed by atoms with Gasteiger partial charge in [0.1, 0.15) is 11.4 Å². The highest BCUT2D eigenvalue weighted by Gasteiger charge is 2.31. The van der Waals surface area contributed by atoms with Crippen molar-refractivity contribution in [1.29, 1.82) is 0 Å². The summed E-state index contributed by atoms with van der Waals surface area (Å²) in [5, 5.41) is 14.0. The van der Waals surface area contributed by atoms with Crippen molar-refractivity contribution in [3.8, 4) is 5.75 Å². The van der Waals surface area contributed by atoms with Gasteiger partial charge in [-0.05, 0) is 89.9 Å². The maximum atomic E-state index is 14.4. The predicted octanol–water partition coefficient (Wildman–Crippen LogP) is 4.41. The Kier molecular flexibility index (Phi) is 12.2. The van der Waals surface area contributed by atoms with Crippen LogP contribution in [0.25, 0.3) is 0 Å². The number of fused-ring (bicyclic) bond motifs is 1. The molecule has 2 N–H and O–H groups in total. The topological polar surface area (TPSA) is 147 Å². The van der Waals surface area contributed by atoms with Crippen LogP contribution in [0.3, 0.4) is 0 Å². The first-order chi connectivity index (χ1) is 21.9. The van der Waals surface area contributed by atoms with E-state index >= 15 is 0 Å². The molecule has 4 atom stereocenters. The van der Waals surface area contributed by atoms with Crippen LogP contribution in [0.15, 0.2) is 52.1 Å². The highest BCUT2D eigenvalue weighted by Crippen LogP contribution is 2.30. The first-order valence-corrected chi connectivity index (χ1v) is 17.2. The predicted molar refractivity (Wildman–Crippen MR) is 174 cm³/mol. The molecule has 13 heteroatoms. The minimum absolute atomic E-state index is 0.0481. The van der Waals surface area contributed by atoms with Crippen molar-refractivity contribution < 1.29 is 32.3 Å². The molecule has 0 spiro atoms. The third-order valence-corrected chi connectivity index (χ3v) is 9.86. The van der Waals surface area contributed by atoms with E-state index in [1.54, 1.807) is 43.3 Å². The number of hydrogen-bond donors (Lipinski definition) is 2. The number of benzene rings is 1. The maximum Gasteiger partial charge on any atom is 0.267 e. The molecule has 0 unspecified atom stereocenters. The molecule has 2 aromatic heterocycles. The second-order valence-electron chi connectivity index (χ2n) is 12.3. The second kappa shape index (κ2) is 15.9. The van der Waals surface area contributed by atoms with Crippen LogP contribution in [-0.4, -0.2) is 91.0 Å². The Bertz CT molecular complexity index is 1530. The lowest BCUT2D eigenvalue weighted by molar-refractivity contribution is -0.0177. The molecule has 0 fully saturated rings. The van der Waals surface area contributed by atoms with E-state index in [1.165, 1.54) is 13.0 Å². The highest BCUT2D eigenvalue weighted by molar-refractivity contribution is 7.92. The number of anilines is 1. The van der Waals surface area contributed by atoms with Gasteiger partial charge in [0.05, 0.1) is 30.4 Å². The van der Waals surface area contributed by atoms with Crippen LogP contribution < -0.4 is 9.46 Å². The van der Waals surface area contributed by atoms with Crippen LogP contribution in [0.4, 0.5) is 5.69 Å². The zero-order chi connectivity index (χ0) is 33.4. The molecule has 0 bridgehead atoms. The number of nitrogens with zero attached hydrogens (tertiary/aromatic N) is 4. The van der Waals surface area contributed by atoms with E-state index in [2.05, 4.69) is 26.7 Å². The van der Waals surface area contributed by atoms with Crippen molar-refractivity contribution in [3.63, 3.8) is 0 Å². The number of aryl methyl sites for hydroxylation is 2. The number of aliphatic hydroxyl groups is 1. The third-order valence-electron chi connectivity index (χ3n) is 8.23. The summed E-state index contributed by atoms with van der Waals surface area (Å²) >= 11 is 0. The molecule has 4 rings (SSSR count). The van der Waals surface area contributed by atoms with E-state index in [9.17, 15) is 18.3 Å². The average Bonchev–Trinajstić information content (AvgIpc) is 3.37. The van der Waals surface area contributed by atoms with Crippen LogP contribution in [-0.2, 0) is 21.3 Å². The minimum Gasteiger partial charge on any atom is -0.490 e. The van der Waals surface area contributed by atoms with E-state index in [4.69, 9.17) is 14.0 Å². The summed E-state index contributed by atoms with van der Waals surface area (Å²) in [6.07, 6.45) is 5.65. The summed E-state index contributed by atoms with van der Waals surface area (Å²) in [4.78, 5) is 22.2. The number of rotatable bonds is 9. The molecule has 1 aromatic carbocycles. The number of aromatic nitrogens is 2. The Balaban J connectivity index is 1.66. The number of hydrogen-bond acceptors (Lipinski definition) is 10. The van der Waals surface area contributed by atoms with Crippen LogP contribution in [0.2, 0.25) is 0 Å². The Hall–Kier alpha value is -3.52. The van der Waals surface area contributed by atoms with Gasteiger partial charge in [0, 0.05) is 50.2 Å². The van der Waals surface area contributed by atoms with Gasteiger partial charge in [-0.2, -0.15) is 0 Å². The summed E-state index contributed by atoms with van der Waals surface area (Å²) < 4.78 is 46.9. The Labute approximate surface area is 272 Å². The van der Waals surface area contributed by atoms with Gasteiger partial charge in [-0.25, -0.2) is 8.42 Å². The molecular formula is C33H47N5O7S. The Morgan fingerprint density at radius 3 is 2.57 bits per heavy atom.